The third kappa shape index (κ3) is 3.72. The topological polar surface area (TPSA) is 67.4 Å². The second-order valence-electron chi connectivity index (χ2n) is 7.36. The van der Waals surface area contributed by atoms with Crippen molar-refractivity contribution in [3.8, 4) is 16.6 Å². The van der Waals surface area contributed by atoms with Crippen LogP contribution in [0.5, 0.6) is 0 Å². The highest BCUT2D eigenvalue weighted by Gasteiger charge is 2.19. The van der Waals surface area contributed by atoms with E-state index in [4.69, 9.17) is 9.97 Å². The molecule has 0 radical (unpaired) electrons. The quantitative estimate of drug-likeness (QED) is 0.369. The monoisotopic (exact) mass is 421 g/mol. The third-order valence-electron chi connectivity index (χ3n) is 5.36. The van der Waals surface area contributed by atoms with Gasteiger partial charge in [0.2, 0.25) is 0 Å². The third-order valence-corrected chi connectivity index (χ3v) is 6.30. The van der Waals surface area contributed by atoms with Crippen molar-refractivity contribution in [1.82, 2.24) is 19.5 Å². The summed E-state index contributed by atoms with van der Waals surface area (Å²) in [5.74, 6) is 0.935. The van der Waals surface area contributed by atoms with Crippen LogP contribution in [0.3, 0.4) is 0 Å². The summed E-state index contributed by atoms with van der Waals surface area (Å²) < 4.78 is 2.23. The van der Waals surface area contributed by atoms with Gasteiger partial charge in [-0.3, -0.25) is 4.98 Å². The molecule has 5 aromatic rings. The van der Waals surface area contributed by atoms with Gasteiger partial charge in [-0.05, 0) is 42.8 Å². The second kappa shape index (κ2) is 8.13. The number of fused-ring (bicyclic) bond motifs is 1. The predicted octanol–water partition coefficient (Wildman–Crippen LogP) is 5.63. The molecule has 0 saturated carbocycles. The van der Waals surface area contributed by atoms with Crippen molar-refractivity contribution >= 4 is 22.4 Å². The molecule has 150 valence electrons. The number of pyridine rings is 1. The number of benzene rings is 2. The SMILES string of the molecule is C[C@@H](c1ccccc1)n1c(Cc2csc(-c3cccnc3)n2)nc2ccc(C#N)cc21. The van der Waals surface area contributed by atoms with Crippen LogP contribution >= 0.6 is 11.3 Å². The average Bonchev–Trinajstić information content (AvgIpc) is 3.44. The summed E-state index contributed by atoms with van der Waals surface area (Å²) in [6.07, 6.45) is 4.21. The molecule has 0 aliphatic heterocycles. The van der Waals surface area contributed by atoms with Gasteiger partial charge in [0, 0.05) is 29.8 Å². The van der Waals surface area contributed by atoms with E-state index in [1.165, 1.54) is 5.56 Å². The minimum atomic E-state index is 0.0755. The number of nitriles is 1. The Morgan fingerprint density at radius 2 is 1.94 bits per heavy atom. The Hall–Kier alpha value is -3.82. The molecule has 5 rings (SSSR count). The van der Waals surface area contributed by atoms with Crippen molar-refractivity contribution in [2.75, 3.05) is 0 Å². The standard InChI is InChI=1S/C25H19N5S/c1-17(19-6-3-2-4-7-19)30-23-12-18(14-26)9-10-22(23)29-24(30)13-21-16-31-25(28-21)20-8-5-11-27-15-20/h2-12,15-17H,13H2,1H3/t17-/m0/s1. The lowest BCUT2D eigenvalue weighted by Crippen LogP contribution is -2.11. The Kier molecular flexibility index (Phi) is 5.03. The van der Waals surface area contributed by atoms with Crippen molar-refractivity contribution in [1.29, 1.82) is 5.26 Å². The average molecular weight is 422 g/mol. The van der Waals surface area contributed by atoms with Crippen LogP contribution in [-0.2, 0) is 6.42 Å². The van der Waals surface area contributed by atoms with E-state index in [2.05, 4.69) is 40.1 Å². The molecule has 0 amide bonds. The van der Waals surface area contributed by atoms with E-state index >= 15 is 0 Å². The molecule has 2 aromatic carbocycles. The van der Waals surface area contributed by atoms with Gasteiger partial charge >= 0.3 is 0 Å². The largest absolute Gasteiger partial charge is 0.320 e. The summed E-state index contributed by atoms with van der Waals surface area (Å²) in [5, 5.41) is 12.4. The van der Waals surface area contributed by atoms with E-state index in [9.17, 15) is 5.26 Å². The van der Waals surface area contributed by atoms with E-state index in [1.807, 2.05) is 54.7 Å². The Bertz CT molecular complexity index is 1380. The predicted molar refractivity (Wildman–Crippen MR) is 123 cm³/mol. The number of hydrogen-bond donors (Lipinski definition) is 0. The molecular formula is C25H19N5S. The summed E-state index contributed by atoms with van der Waals surface area (Å²) in [5.41, 5.74) is 5.67. The summed E-state index contributed by atoms with van der Waals surface area (Å²) in [7, 11) is 0. The molecule has 3 heterocycles. The normalized spacial score (nSPS) is 12.0. The summed E-state index contributed by atoms with van der Waals surface area (Å²) in [6, 6.07) is 22.3. The van der Waals surface area contributed by atoms with Crippen molar-refractivity contribution in [3.63, 3.8) is 0 Å². The minimum Gasteiger partial charge on any atom is -0.320 e. The van der Waals surface area contributed by atoms with E-state index in [-0.39, 0.29) is 6.04 Å². The lowest BCUT2D eigenvalue weighted by atomic mass is 10.1. The first-order valence-corrected chi connectivity index (χ1v) is 10.9. The van der Waals surface area contributed by atoms with Crippen LogP contribution in [0.2, 0.25) is 0 Å². The number of thiazole rings is 1. The van der Waals surface area contributed by atoms with Gasteiger partial charge < -0.3 is 4.57 Å². The van der Waals surface area contributed by atoms with Gasteiger partial charge in [-0.15, -0.1) is 11.3 Å². The van der Waals surface area contributed by atoms with E-state index in [0.29, 0.717) is 12.0 Å². The maximum atomic E-state index is 9.40. The van der Waals surface area contributed by atoms with Gasteiger partial charge in [0.1, 0.15) is 10.8 Å². The first-order valence-electron chi connectivity index (χ1n) is 10.0. The fourth-order valence-corrected chi connectivity index (χ4v) is 4.63. The summed E-state index contributed by atoms with van der Waals surface area (Å²) in [4.78, 5) is 13.9. The second-order valence-corrected chi connectivity index (χ2v) is 8.22. The van der Waals surface area contributed by atoms with Gasteiger partial charge in [0.05, 0.1) is 34.4 Å². The fourth-order valence-electron chi connectivity index (χ4n) is 3.82. The first-order chi connectivity index (χ1) is 15.2. The van der Waals surface area contributed by atoms with Crippen LogP contribution in [0.15, 0.2) is 78.4 Å². The fraction of sp³-hybridized carbons (Fsp3) is 0.120. The Labute approximate surface area is 184 Å². The maximum absolute atomic E-state index is 9.40. The Balaban J connectivity index is 1.58. The smallest absolute Gasteiger partial charge is 0.125 e. The van der Waals surface area contributed by atoms with E-state index in [1.54, 1.807) is 17.5 Å². The molecule has 31 heavy (non-hydrogen) atoms. The lowest BCUT2D eigenvalue weighted by molar-refractivity contribution is 0.625. The molecule has 0 fully saturated rings. The number of imidazole rings is 1. The minimum absolute atomic E-state index is 0.0755. The molecule has 3 aromatic heterocycles. The van der Waals surface area contributed by atoms with Gasteiger partial charge in [0.15, 0.2) is 0 Å². The van der Waals surface area contributed by atoms with Crippen LogP contribution in [-0.4, -0.2) is 19.5 Å². The van der Waals surface area contributed by atoms with Gasteiger partial charge in [0.25, 0.3) is 0 Å². The van der Waals surface area contributed by atoms with Crippen LogP contribution in [0, 0.1) is 11.3 Å². The number of hydrogen-bond acceptors (Lipinski definition) is 5. The van der Waals surface area contributed by atoms with E-state index < -0.39 is 0 Å². The van der Waals surface area contributed by atoms with Gasteiger partial charge in [-0.2, -0.15) is 5.26 Å². The molecule has 0 aliphatic carbocycles. The molecule has 0 saturated heterocycles. The first kappa shape index (κ1) is 19.2. The summed E-state index contributed by atoms with van der Waals surface area (Å²) >= 11 is 1.61. The lowest BCUT2D eigenvalue weighted by Gasteiger charge is -2.18. The highest BCUT2D eigenvalue weighted by Crippen LogP contribution is 2.29. The highest BCUT2D eigenvalue weighted by atomic mass is 32.1. The Morgan fingerprint density at radius 3 is 2.71 bits per heavy atom. The van der Waals surface area contributed by atoms with Crippen LogP contribution < -0.4 is 0 Å². The number of nitrogens with zero attached hydrogens (tertiary/aromatic N) is 5. The molecule has 0 N–H and O–H groups in total. The van der Waals surface area contributed by atoms with Crippen molar-refractivity contribution in [3.05, 3.63) is 101 Å². The van der Waals surface area contributed by atoms with Crippen LogP contribution in [0.4, 0.5) is 0 Å². The highest BCUT2D eigenvalue weighted by molar-refractivity contribution is 7.13. The van der Waals surface area contributed by atoms with Crippen molar-refractivity contribution in [2.24, 2.45) is 0 Å². The molecule has 0 bridgehead atoms. The molecular weight excluding hydrogens is 402 g/mol. The van der Waals surface area contributed by atoms with E-state index in [0.717, 1.165) is 33.1 Å². The van der Waals surface area contributed by atoms with Crippen molar-refractivity contribution in [2.45, 2.75) is 19.4 Å². The van der Waals surface area contributed by atoms with Crippen LogP contribution in [0.25, 0.3) is 21.6 Å². The molecule has 0 spiro atoms. The number of aromatic nitrogens is 4. The Morgan fingerprint density at radius 1 is 1.06 bits per heavy atom. The van der Waals surface area contributed by atoms with Crippen LogP contribution in [0.1, 0.15) is 35.6 Å². The molecule has 1 atom stereocenters. The van der Waals surface area contributed by atoms with Gasteiger partial charge in [-0.1, -0.05) is 30.3 Å². The summed E-state index contributed by atoms with van der Waals surface area (Å²) in [6.45, 7) is 2.17. The van der Waals surface area contributed by atoms with Gasteiger partial charge in [-0.25, -0.2) is 9.97 Å². The molecule has 0 unspecified atom stereocenters. The molecule has 5 nitrogen and oxygen atoms in total. The molecule has 0 aliphatic rings. The molecule has 6 heteroatoms. The maximum Gasteiger partial charge on any atom is 0.125 e. The van der Waals surface area contributed by atoms with Crippen molar-refractivity contribution < 1.29 is 0 Å². The zero-order chi connectivity index (χ0) is 21.2. The number of rotatable bonds is 5. The zero-order valence-electron chi connectivity index (χ0n) is 16.9. The zero-order valence-corrected chi connectivity index (χ0v) is 17.8.